The maximum atomic E-state index is 10.7. The van der Waals surface area contributed by atoms with Crippen molar-refractivity contribution in [3.63, 3.8) is 0 Å². The van der Waals surface area contributed by atoms with Gasteiger partial charge in [0.15, 0.2) is 0 Å². The van der Waals surface area contributed by atoms with Crippen LogP contribution < -0.4 is 0 Å². The summed E-state index contributed by atoms with van der Waals surface area (Å²) in [7, 11) is 0. The molecule has 0 bridgehead atoms. The van der Waals surface area contributed by atoms with Gasteiger partial charge in [0.05, 0.1) is 6.42 Å². The van der Waals surface area contributed by atoms with Gasteiger partial charge < -0.3 is 5.11 Å². The molecular formula is C11H19NO2S. The molecule has 1 N–H and O–H groups in total. The Morgan fingerprint density at radius 2 is 2.40 bits per heavy atom. The molecule has 1 fully saturated rings. The van der Waals surface area contributed by atoms with Gasteiger partial charge in [0, 0.05) is 30.6 Å². The van der Waals surface area contributed by atoms with Crippen LogP contribution in [0.25, 0.3) is 0 Å². The van der Waals surface area contributed by atoms with Crippen LogP contribution in [0.4, 0.5) is 0 Å². The van der Waals surface area contributed by atoms with E-state index in [1.54, 1.807) is 0 Å². The van der Waals surface area contributed by atoms with Crippen molar-refractivity contribution >= 4 is 17.7 Å². The maximum Gasteiger partial charge on any atom is 0.304 e. The molecule has 0 radical (unpaired) electrons. The Morgan fingerprint density at radius 1 is 1.67 bits per heavy atom. The van der Waals surface area contributed by atoms with Gasteiger partial charge in [0.1, 0.15) is 0 Å². The van der Waals surface area contributed by atoms with Gasteiger partial charge in [-0.15, -0.1) is 0 Å². The third kappa shape index (κ3) is 4.26. The van der Waals surface area contributed by atoms with E-state index in [4.69, 9.17) is 5.11 Å². The van der Waals surface area contributed by atoms with Gasteiger partial charge in [0.2, 0.25) is 0 Å². The molecule has 1 saturated heterocycles. The highest BCUT2D eigenvalue weighted by Gasteiger charge is 2.24. The van der Waals surface area contributed by atoms with Crippen LogP contribution in [0, 0.1) is 0 Å². The summed E-state index contributed by atoms with van der Waals surface area (Å²) in [5.74, 6) is 1.34. The predicted octanol–water partition coefficient (Wildman–Crippen LogP) is 1.84. The van der Waals surface area contributed by atoms with E-state index in [0.29, 0.717) is 0 Å². The van der Waals surface area contributed by atoms with Crippen LogP contribution >= 0.6 is 11.8 Å². The van der Waals surface area contributed by atoms with Crippen molar-refractivity contribution in [2.45, 2.75) is 25.8 Å². The number of rotatable bonds is 5. The molecule has 0 aromatic heterocycles. The first-order chi connectivity index (χ1) is 7.13. The van der Waals surface area contributed by atoms with Gasteiger partial charge in [-0.05, 0) is 6.42 Å². The number of carboxylic acids is 1. The monoisotopic (exact) mass is 229 g/mol. The zero-order valence-corrected chi connectivity index (χ0v) is 10.1. The van der Waals surface area contributed by atoms with Crippen LogP contribution in [0.15, 0.2) is 12.2 Å². The van der Waals surface area contributed by atoms with Crippen molar-refractivity contribution in [2.75, 3.05) is 24.6 Å². The lowest BCUT2D eigenvalue weighted by Gasteiger charge is -2.34. The van der Waals surface area contributed by atoms with Gasteiger partial charge in [0.25, 0.3) is 0 Å². The van der Waals surface area contributed by atoms with Crippen molar-refractivity contribution in [2.24, 2.45) is 0 Å². The Labute approximate surface area is 95.5 Å². The molecule has 1 atom stereocenters. The minimum absolute atomic E-state index is 0.185. The average Bonchev–Trinajstić information content (AvgIpc) is 2.20. The third-order valence-corrected chi connectivity index (χ3v) is 3.78. The van der Waals surface area contributed by atoms with E-state index in [1.807, 2.05) is 11.8 Å². The summed E-state index contributed by atoms with van der Waals surface area (Å²) >= 11 is 1.85. The minimum Gasteiger partial charge on any atom is -0.481 e. The number of carboxylic acid groups (broad SMARTS) is 1. The van der Waals surface area contributed by atoms with Crippen molar-refractivity contribution in [3.05, 3.63) is 12.2 Å². The van der Waals surface area contributed by atoms with Gasteiger partial charge in [-0.1, -0.05) is 19.1 Å². The number of hydrogen-bond acceptors (Lipinski definition) is 3. The lowest BCUT2D eigenvalue weighted by Crippen LogP contribution is -2.44. The average molecular weight is 229 g/mol. The fourth-order valence-electron chi connectivity index (χ4n) is 1.69. The fraction of sp³-hybridized carbons (Fsp3) is 0.727. The zero-order chi connectivity index (χ0) is 11.3. The third-order valence-electron chi connectivity index (χ3n) is 2.69. The van der Waals surface area contributed by atoms with E-state index in [9.17, 15) is 4.79 Å². The van der Waals surface area contributed by atoms with Crippen LogP contribution in [-0.4, -0.2) is 46.6 Å². The Balaban J connectivity index is 2.49. The van der Waals surface area contributed by atoms with Crippen LogP contribution in [0.1, 0.15) is 19.8 Å². The second kappa shape index (κ2) is 6.18. The molecule has 0 spiro atoms. The van der Waals surface area contributed by atoms with E-state index in [1.165, 1.54) is 5.57 Å². The zero-order valence-electron chi connectivity index (χ0n) is 9.24. The van der Waals surface area contributed by atoms with Gasteiger partial charge in [-0.2, -0.15) is 11.8 Å². The summed E-state index contributed by atoms with van der Waals surface area (Å²) < 4.78 is 0. The molecule has 0 aromatic rings. The predicted molar refractivity (Wildman–Crippen MR) is 64.4 cm³/mol. The van der Waals surface area contributed by atoms with Gasteiger partial charge in [-0.25, -0.2) is 0 Å². The second-order valence-electron chi connectivity index (χ2n) is 3.90. The Kier molecular flexibility index (Phi) is 5.19. The number of thioether (sulfide) groups is 1. The smallest absolute Gasteiger partial charge is 0.304 e. The Morgan fingerprint density at radius 3 is 3.00 bits per heavy atom. The first-order valence-corrected chi connectivity index (χ1v) is 6.49. The molecule has 0 aliphatic carbocycles. The maximum absolute atomic E-state index is 10.7. The number of nitrogens with zero attached hydrogens (tertiary/aromatic N) is 1. The molecule has 0 aromatic carbocycles. The second-order valence-corrected chi connectivity index (χ2v) is 5.05. The molecule has 1 rings (SSSR count). The highest BCUT2D eigenvalue weighted by molar-refractivity contribution is 7.99. The summed E-state index contributed by atoms with van der Waals surface area (Å²) in [4.78, 5) is 13.0. The minimum atomic E-state index is -0.699. The van der Waals surface area contributed by atoms with E-state index < -0.39 is 5.97 Å². The van der Waals surface area contributed by atoms with Gasteiger partial charge in [-0.3, -0.25) is 9.69 Å². The highest BCUT2D eigenvalue weighted by atomic mass is 32.2. The molecule has 4 heteroatoms. The molecule has 3 nitrogen and oxygen atoms in total. The lowest BCUT2D eigenvalue weighted by molar-refractivity contribution is -0.138. The summed E-state index contributed by atoms with van der Waals surface area (Å²) in [6, 6.07) is 0.185. The molecule has 0 amide bonds. The molecule has 86 valence electrons. The number of hydrogen-bond donors (Lipinski definition) is 1. The first-order valence-electron chi connectivity index (χ1n) is 5.33. The van der Waals surface area contributed by atoms with E-state index in [0.717, 1.165) is 31.0 Å². The molecule has 1 aliphatic rings. The standard InChI is InChI=1S/C11H19NO2S/c1-3-9(2)7-12-4-5-15-8-10(12)6-11(13)14/h10H,2-8H2,1H3,(H,13,14). The van der Waals surface area contributed by atoms with E-state index >= 15 is 0 Å². The van der Waals surface area contributed by atoms with E-state index in [2.05, 4.69) is 18.4 Å². The highest BCUT2D eigenvalue weighted by Crippen LogP contribution is 2.20. The Hall–Kier alpha value is -0.480. The van der Waals surface area contributed by atoms with Gasteiger partial charge >= 0.3 is 5.97 Å². The van der Waals surface area contributed by atoms with Crippen molar-refractivity contribution in [1.29, 1.82) is 0 Å². The van der Waals surface area contributed by atoms with Crippen LogP contribution in [0.2, 0.25) is 0 Å². The molecule has 15 heavy (non-hydrogen) atoms. The van der Waals surface area contributed by atoms with Crippen molar-refractivity contribution < 1.29 is 9.90 Å². The van der Waals surface area contributed by atoms with Crippen LogP contribution in [0.5, 0.6) is 0 Å². The summed E-state index contributed by atoms with van der Waals surface area (Å²) in [5.41, 5.74) is 1.19. The van der Waals surface area contributed by atoms with Crippen molar-refractivity contribution in [3.8, 4) is 0 Å². The molecular weight excluding hydrogens is 210 g/mol. The number of carbonyl (C=O) groups is 1. The SMILES string of the molecule is C=C(CC)CN1CCSCC1CC(=O)O. The molecule has 1 unspecified atom stereocenters. The number of aliphatic carboxylic acids is 1. The quantitative estimate of drug-likeness (QED) is 0.730. The molecule has 1 heterocycles. The molecule has 0 saturated carbocycles. The lowest BCUT2D eigenvalue weighted by atomic mass is 10.1. The van der Waals surface area contributed by atoms with E-state index in [-0.39, 0.29) is 12.5 Å². The normalized spacial score (nSPS) is 22.6. The summed E-state index contributed by atoms with van der Waals surface area (Å²) in [6.07, 6.45) is 1.23. The fourth-order valence-corrected chi connectivity index (χ4v) is 2.82. The summed E-state index contributed by atoms with van der Waals surface area (Å²) in [6.45, 7) is 7.92. The van der Waals surface area contributed by atoms with Crippen molar-refractivity contribution in [1.82, 2.24) is 4.90 Å². The van der Waals surface area contributed by atoms with Crippen LogP contribution in [0.3, 0.4) is 0 Å². The topological polar surface area (TPSA) is 40.5 Å². The van der Waals surface area contributed by atoms with Crippen LogP contribution in [-0.2, 0) is 4.79 Å². The largest absolute Gasteiger partial charge is 0.481 e. The first kappa shape index (κ1) is 12.6. The summed E-state index contributed by atoms with van der Waals surface area (Å²) in [5, 5.41) is 8.82. The molecule has 1 aliphatic heterocycles. The Bertz CT molecular complexity index is 243.